The molecule has 2 aromatic carbocycles. The predicted octanol–water partition coefficient (Wildman–Crippen LogP) is 4.19. The maximum absolute atomic E-state index is 13.5. The monoisotopic (exact) mass is 316 g/mol. The maximum atomic E-state index is 13.5. The first kappa shape index (κ1) is 12.8. The second-order valence-electron chi connectivity index (χ2n) is 3.61. The highest BCUT2D eigenvalue weighted by molar-refractivity contribution is 9.10. The Balaban J connectivity index is 2.40. The van der Waals surface area contributed by atoms with Gasteiger partial charge in [-0.2, -0.15) is 0 Å². The molecule has 6 heteroatoms. The quantitative estimate of drug-likeness (QED) is 0.815. The normalized spacial score (nSPS) is 10.4. The SMILES string of the molecule is Nc1cc(F)c(Nc2ccc(F)cc2Br)c(F)c1. The Labute approximate surface area is 110 Å². The van der Waals surface area contributed by atoms with Crippen molar-refractivity contribution in [1.29, 1.82) is 0 Å². The number of nitrogens with two attached hydrogens (primary N) is 1. The molecule has 2 rings (SSSR count). The Morgan fingerprint density at radius 1 is 1.00 bits per heavy atom. The van der Waals surface area contributed by atoms with E-state index in [0.29, 0.717) is 10.2 Å². The van der Waals surface area contributed by atoms with Crippen molar-refractivity contribution in [2.75, 3.05) is 11.1 Å². The zero-order valence-corrected chi connectivity index (χ0v) is 10.6. The van der Waals surface area contributed by atoms with Gasteiger partial charge in [-0.3, -0.25) is 0 Å². The third-order valence-electron chi connectivity index (χ3n) is 2.26. The lowest BCUT2D eigenvalue weighted by atomic mass is 10.2. The van der Waals surface area contributed by atoms with E-state index in [-0.39, 0.29) is 11.4 Å². The summed E-state index contributed by atoms with van der Waals surface area (Å²) in [5.41, 5.74) is 5.31. The van der Waals surface area contributed by atoms with Crippen LogP contribution in [0.5, 0.6) is 0 Å². The number of nitrogen functional groups attached to an aromatic ring is 1. The molecule has 2 nitrogen and oxygen atoms in total. The van der Waals surface area contributed by atoms with E-state index in [0.717, 1.165) is 12.1 Å². The van der Waals surface area contributed by atoms with E-state index in [1.54, 1.807) is 0 Å². The molecule has 0 atom stereocenters. The molecule has 0 saturated heterocycles. The molecule has 0 radical (unpaired) electrons. The van der Waals surface area contributed by atoms with E-state index >= 15 is 0 Å². The summed E-state index contributed by atoms with van der Waals surface area (Å²) < 4.78 is 40.3. The molecule has 18 heavy (non-hydrogen) atoms. The summed E-state index contributed by atoms with van der Waals surface area (Å²) in [6.45, 7) is 0. The molecule has 0 aliphatic rings. The number of nitrogens with one attached hydrogen (secondary N) is 1. The lowest BCUT2D eigenvalue weighted by molar-refractivity contribution is 0.592. The number of hydrogen-bond donors (Lipinski definition) is 2. The van der Waals surface area contributed by atoms with Gasteiger partial charge >= 0.3 is 0 Å². The minimum absolute atomic E-state index is 0.00581. The van der Waals surface area contributed by atoms with E-state index in [2.05, 4.69) is 21.2 Å². The molecule has 0 aliphatic carbocycles. The summed E-state index contributed by atoms with van der Waals surface area (Å²) in [6, 6.07) is 5.75. The summed E-state index contributed by atoms with van der Waals surface area (Å²) in [5.74, 6) is -2.09. The van der Waals surface area contributed by atoms with Crippen molar-refractivity contribution in [3.05, 3.63) is 52.3 Å². The molecule has 0 heterocycles. The van der Waals surface area contributed by atoms with Crippen molar-refractivity contribution >= 4 is 33.0 Å². The van der Waals surface area contributed by atoms with Crippen LogP contribution in [-0.2, 0) is 0 Å². The Morgan fingerprint density at radius 2 is 1.61 bits per heavy atom. The van der Waals surface area contributed by atoms with E-state index in [1.165, 1.54) is 18.2 Å². The van der Waals surface area contributed by atoms with Crippen LogP contribution < -0.4 is 11.1 Å². The van der Waals surface area contributed by atoms with Gasteiger partial charge in [-0.15, -0.1) is 0 Å². The van der Waals surface area contributed by atoms with Crippen LogP contribution in [0.2, 0.25) is 0 Å². The number of anilines is 3. The van der Waals surface area contributed by atoms with Gasteiger partial charge in [0.25, 0.3) is 0 Å². The van der Waals surface area contributed by atoms with Gasteiger partial charge in [-0.05, 0) is 46.3 Å². The fourth-order valence-corrected chi connectivity index (χ4v) is 1.89. The molecule has 0 aromatic heterocycles. The van der Waals surface area contributed by atoms with Crippen LogP contribution >= 0.6 is 15.9 Å². The molecule has 0 unspecified atom stereocenters. The van der Waals surface area contributed by atoms with E-state index in [9.17, 15) is 13.2 Å². The zero-order chi connectivity index (χ0) is 13.3. The molecule has 94 valence electrons. The van der Waals surface area contributed by atoms with Crippen LogP contribution in [0.4, 0.5) is 30.2 Å². The Kier molecular flexibility index (Phi) is 3.47. The topological polar surface area (TPSA) is 38.0 Å². The molecule has 0 bridgehead atoms. The average molecular weight is 317 g/mol. The van der Waals surface area contributed by atoms with Gasteiger partial charge in [0.1, 0.15) is 11.5 Å². The fraction of sp³-hybridized carbons (Fsp3) is 0. The second kappa shape index (κ2) is 4.89. The van der Waals surface area contributed by atoms with Crippen molar-refractivity contribution in [2.24, 2.45) is 0 Å². The van der Waals surface area contributed by atoms with Crippen LogP contribution in [0.3, 0.4) is 0 Å². The van der Waals surface area contributed by atoms with Gasteiger partial charge < -0.3 is 11.1 Å². The summed E-state index contributed by atoms with van der Waals surface area (Å²) in [4.78, 5) is 0. The molecule has 2 aromatic rings. The Hall–Kier alpha value is -1.69. The molecule has 0 fully saturated rings. The number of benzene rings is 2. The number of halogens is 4. The molecule has 0 amide bonds. The Bertz CT molecular complexity index is 579. The van der Waals surface area contributed by atoms with E-state index in [1.807, 2.05) is 0 Å². The summed E-state index contributed by atoms with van der Waals surface area (Å²) in [5, 5.41) is 2.54. The summed E-state index contributed by atoms with van der Waals surface area (Å²) in [6.07, 6.45) is 0. The van der Waals surface area contributed by atoms with Crippen LogP contribution in [0.1, 0.15) is 0 Å². The van der Waals surface area contributed by atoms with Crippen molar-refractivity contribution in [3.63, 3.8) is 0 Å². The van der Waals surface area contributed by atoms with Crippen molar-refractivity contribution < 1.29 is 13.2 Å². The lowest BCUT2D eigenvalue weighted by Gasteiger charge is -2.11. The summed E-state index contributed by atoms with van der Waals surface area (Å²) >= 11 is 3.10. The third kappa shape index (κ3) is 2.59. The van der Waals surface area contributed by atoms with Crippen molar-refractivity contribution in [1.82, 2.24) is 0 Å². The first-order valence-corrected chi connectivity index (χ1v) is 5.73. The molecule has 0 saturated carbocycles. The van der Waals surface area contributed by atoms with Crippen molar-refractivity contribution in [2.45, 2.75) is 0 Å². The first-order valence-electron chi connectivity index (χ1n) is 4.94. The van der Waals surface area contributed by atoms with Crippen molar-refractivity contribution in [3.8, 4) is 0 Å². The van der Waals surface area contributed by atoms with Gasteiger partial charge in [0.2, 0.25) is 0 Å². The molecule has 0 aliphatic heterocycles. The highest BCUT2D eigenvalue weighted by atomic mass is 79.9. The number of hydrogen-bond acceptors (Lipinski definition) is 2. The minimum atomic E-state index is -0.816. The Morgan fingerprint density at radius 3 is 2.17 bits per heavy atom. The minimum Gasteiger partial charge on any atom is -0.399 e. The third-order valence-corrected chi connectivity index (χ3v) is 2.91. The number of rotatable bonds is 2. The van der Waals surface area contributed by atoms with Gasteiger partial charge in [0, 0.05) is 10.2 Å². The first-order chi connectivity index (χ1) is 8.47. The smallest absolute Gasteiger partial charge is 0.151 e. The molecule has 3 N–H and O–H groups in total. The standard InChI is InChI=1S/C12H8BrF3N2/c13-8-3-6(14)1-2-11(8)18-12-9(15)4-7(17)5-10(12)16/h1-5,18H,17H2. The highest BCUT2D eigenvalue weighted by Gasteiger charge is 2.12. The lowest BCUT2D eigenvalue weighted by Crippen LogP contribution is -2.00. The van der Waals surface area contributed by atoms with E-state index in [4.69, 9.17) is 5.73 Å². The van der Waals surface area contributed by atoms with Gasteiger partial charge in [0.05, 0.1) is 5.69 Å². The van der Waals surface area contributed by atoms with Gasteiger partial charge in [0.15, 0.2) is 11.6 Å². The van der Waals surface area contributed by atoms with Crippen LogP contribution in [0.25, 0.3) is 0 Å². The molecule has 0 spiro atoms. The van der Waals surface area contributed by atoms with Crippen LogP contribution in [0.15, 0.2) is 34.8 Å². The van der Waals surface area contributed by atoms with Gasteiger partial charge in [-0.25, -0.2) is 13.2 Å². The van der Waals surface area contributed by atoms with E-state index < -0.39 is 17.5 Å². The second-order valence-corrected chi connectivity index (χ2v) is 4.46. The molecular weight excluding hydrogens is 309 g/mol. The maximum Gasteiger partial charge on any atom is 0.151 e. The zero-order valence-electron chi connectivity index (χ0n) is 8.98. The highest BCUT2D eigenvalue weighted by Crippen LogP contribution is 2.30. The van der Waals surface area contributed by atoms with Gasteiger partial charge in [-0.1, -0.05) is 0 Å². The molecular formula is C12H8BrF3N2. The summed E-state index contributed by atoms with van der Waals surface area (Å²) in [7, 11) is 0. The van der Waals surface area contributed by atoms with Crippen LogP contribution in [0, 0.1) is 17.5 Å². The average Bonchev–Trinajstić information content (AvgIpc) is 2.25. The van der Waals surface area contributed by atoms with Crippen LogP contribution in [-0.4, -0.2) is 0 Å². The predicted molar refractivity (Wildman–Crippen MR) is 68.2 cm³/mol. The fourth-order valence-electron chi connectivity index (χ4n) is 1.44. The largest absolute Gasteiger partial charge is 0.399 e.